The number of rotatable bonds is 6. The molecule has 1 aliphatic heterocycles. The summed E-state index contributed by atoms with van der Waals surface area (Å²) in [6.45, 7) is 4.59. The van der Waals surface area contributed by atoms with Crippen molar-refractivity contribution in [1.29, 1.82) is 0 Å². The Hall–Kier alpha value is -2.77. The molecule has 0 aliphatic carbocycles. The fourth-order valence-corrected chi connectivity index (χ4v) is 3.75. The molecule has 0 N–H and O–H groups in total. The van der Waals surface area contributed by atoms with E-state index in [9.17, 15) is 0 Å². The van der Waals surface area contributed by atoms with Crippen LogP contribution in [0.3, 0.4) is 0 Å². The van der Waals surface area contributed by atoms with Crippen molar-refractivity contribution in [2.45, 2.75) is 12.6 Å². The molecule has 1 saturated heterocycles. The molecule has 0 radical (unpaired) electrons. The highest BCUT2D eigenvalue weighted by molar-refractivity contribution is 5.39. The van der Waals surface area contributed by atoms with Crippen LogP contribution in [0.2, 0.25) is 0 Å². The van der Waals surface area contributed by atoms with Crippen LogP contribution in [0.25, 0.3) is 0 Å². The zero-order chi connectivity index (χ0) is 19.3. The number of hydrogen-bond donors (Lipinski definition) is 0. The maximum absolute atomic E-state index is 5.68. The van der Waals surface area contributed by atoms with E-state index in [4.69, 9.17) is 4.74 Å². The van der Waals surface area contributed by atoms with Crippen LogP contribution in [0.4, 0.5) is 0 Å². The summed E-state index contributed by atoms with van der Waals surface area (Å²) in [5.74, 6) is 1.71. The normalized spacial score (nSPS) is 16.8. The Morgan fingerprint density at radius 1 is 0.964 bits per heavy atom. The monoisotopic (exact) mass is 378 g/mol. The van der Waals surface area contributed by atoms with E-state index in [0.29, 0.717) is 6.54 Å². The predicted octanol–water partition coefficient (Wildman–Crippen LogP) is 2.07. The van der Waals surface area contributed by atoms with Gasteiger partial charge in [0.1, 0.15) is 11.8 Å². The number of methoxy groups -OCH3 is 1. The molecule has 7 heteroatoms. The van der Waals surface area contributed by atoms with Gasteiger partial charge in [-0.1, -0.05) is 48.5 Å². The molecule has 0 spiro atoms. The summed E-state index contributed by atoms with van der Waals surface area (Å²) in [4.78, 5) is 4.80. The highest BCUT2D eigenvalue weighted by atomic mass is 16.5. The standard InChI is InChI=1S/C21H26N6O/c1-25-12-14-26(15-13-25)20(18-10-6-7-11-19(18)28-2)21-22-23-24-27(21)16-17-8-4-3-5-9-17/h3-11,20H,12-16H2,1-2H3/t20-/m0/s1. The van der Waals surface area contributed by atoms with Gasteiger partial charge in [0.15, 0.2) is 5.82 Å². The SMILES string of the molecule is COc1ccccc1[C@@H](c1nnnn1Cc1ccccc1)N1CCN(C)CC1. The lowest BCUT2D eigenvalue weighted by Crippen LogP contribution is -2.46. The summed E-state index contributed by atoms with van der Waals surface area (Å²) in [7, 11) is 3.88. The number of piperazine rings is 1. The molecular formula is C21H26N6O. The lowest BCUT2D eigenvalue weighted by atomic mass is 10.0. The van der Waals surface area contributed by atoms with Crippen molar-refractivity contribution >= 4 is 0 Å². The predicted molar refractivity (Wildman–Crippen MR) is 107 cm³/mol. The van der Waals surface area contributed by atoms with Gasteiger partial charge in [0.2, 0.25) is 0 Å². The van der Waals surface area contributed by atoms with Gasteiger partial charge in [-0.3, -0.25) is 4.90 Å². The molecule has 0 bridgehead atoms. The summed E-state index contributed by atoms with van der Waals surface area (Å²) < 4.78 is 7.59. The number of nitrogens with zero attached hydrogens (tertiary/aromatic N) is 6. The fraction of sp³-hybridized carbons (Fsp3) is 0.381. The summed E-state index contributed by atoms with van der Waals surface area (Å²) >= 11 is 0. The molecule has 1 aliphatic rings. The summed E-state index contributed by atoms with van der Waals surface area (Å²) in [5, 5.41) is 12.8. The minimum Gasteiger partial charge on any atom is -0.496 e. The first kappa shape index (κ1) is 18.6. The molecule has 1 aromatic heterocycles. The number of aromatic nitrogens is 4. The number of benzene rings is 2. The lowest BCUT2D eigenvalue weighted by Gasteiger charge is -2.37. The van der Waals surface area contributed by atoms with Crippen LogP contribution in [0, 0.1) is 0 Å². The van der Waals surface area contributed by atoms with Crippen molar-refractivity contribution in [1.82, 2.24) is 30.0 Å². The second-order valence-corrected chi connectivity index (χ2v) is 7.16. The third-order valence-corrected chi connectivity index (χ3v) is 5.32. The molecule has 7 nitrogen and oxygen atoms in total. The van der Waals surface area contributed by atoms with Crippen LogP contribution < -0.4 is 4.74 Å². The zero-order valence-electron chi connectivity index (χ0n) is 16.4. The number of para-hydroxylation sites is 1. The van der Waals surface area contributed by atoms with E-state index >= 15 is 0 Å². The Labute approximate surface area is 165 Å². The molecule has 28 heavy (non-hydrogen) atoms. The van der Waals surface area contributed by atoms with Crippen LogP contribution in [0.5, 0.6) is 5.75 Å². The summed E-state index contributed by atoms with van der Waals surface area (Å²) in [6, 6.07) is 18.4. The molecule has 4 rings (SSSR count). The van der Waals surface area contributed by atoms with E-state index in [0.717, 1.165) is 43.3 Å². The third kappa shape index (κ3) is 3.90. The quantitative estimate of drug-likeness (QED) is 0.654. The smallest absolute Gasteiger partial charge is 0.173 e. The maximum Gasteiger partial charge on any atom is 0.173 e. The van der Waals surface area contributed by atoms with Gasteiger partial charge < -0.3 is 9.64 Å². The van der Waals surface area contributed by atoms with Gasteiger partial charge >= 0.3 is 0 Å². The van der Waals surface area contributed by atoms with E-state index in [1.165, 1.54) is 5.56 Å². The summed E-state index contributed by atoms with van der Waals surface area (Å²) in [5.41, 5.74) is 2.27. The van der Waals surface area contributed by atoms with Gasteiger partial charge in [0.25, 0.3) is 0 Å². The van der Waals surface area contributed by atoms with E-state index in [1.807, 2.05) is 41.1 Å². The Bertz CT molecular complexity index is 889. The van der Waals surface area contributed by atoms with Gasteiger partial charge in [-0.25, -0.2) is 4.68 Å². The highest BCUT2D eigenvalue weighted by Gasteiger charge is 2.31. The van der Waals surface area contributed by atoms with Crippen molar-refractivity contribution in [3.05, 3.63) is 71.5 Å². The first-order chi connectivity index (χ1) is 13.8. The number of tetrazole rings is 1. The van der Waals surface area contributed by atoms with Gasteiger partial charge in [0.05, 0.1) is 13.7 Å². The van der Waals surface area contributed by atoms with Crippen LogP contribution in [-0.4, -0.2) is 70.3 Å². The van der Waals surface area contributed by atoms with Crippen LogP contribution in [0.15, 0.2) is 54.6 Å². The molecule has 0 saturated carbocycles. The second kappa shape index (κ2) is 8.50. The van der Waals surface area contributed by atoms with Crippen molar-refractivity contribution in [2.75, 3.05) is 40.3 Å². The molecule has 1 atom stereocenters. The molecule has 1 fully saturated rings. The number of ether oxygens (including phenoxy) is 1. The lowest BCUT2D eigenvalue weighted by molar-refractivity contribution is 0.120. The molecule has 0 amide bonds. The third-order valence-electron chi connectivity index (χ3n) is 5.32. The average Bonchev–Trinajstić information content (AvgIpc) is 3.18. The molecule has 2 heterocycles. The highest BCUT2D eigenvalue weighted by Crippen LogP contribution is 2.34. The Kier molecular flexibility index (Phi) is 5.64. The van der Waals surface area contributed by atoms with Crippen molar-refractivity contribution in [3.63, 3.8) is 0 Å². The minimum atomic E-state index is -0.0523. The molecule has 146 valence electrons. The van der Waals surface area contributed by atoms with Crippen LogP contribution in [0.1, 0.15) is 23.0 Å². The van der Waals surface area contributed by atoms with Gasteiger partial charge in [-0.15, -0.1) is 5.10 Å². The number of likely N-dealkylation sites (N-methyl/N-ethyl adjacent to an activating group) is 1. The molecular weight excluding hydrogens is 352 g/mol. The molecule has 2 aromatic carbocycles. The average molecular weight is 378 g/mol. The number of hydrogen-bond acceptors (Lipinski definition) is 6. The maximum atomic E-state index is 5.68. The van der Waals surface area contributed by atoms with E-state index in [-0.39, 0.29) is 6.04 Å². The summed E-state index contributed by atoms with van der Waals surface area (Å²) in [6.07, 6.45) is 0. The second-order valence-electron chi connectivity index (χ2n) is 7.16. The largest absolute Gasteiger partial charge is 0.496 e. The van der Waals surface area contributed by atoms with E-state index in [1.54, 1.807) is 7.11 Å². The van der Waals surface area contributed by atoms with Crippen LogP contribution >= 0.6 is 0 Å². The minimum absolute atomic E-state index is 0.0523. The molecule has 0 unspecified atom stereocenters. The van der Waals surface area contributed by atoms with Crippen LogP contribution in [-0.2, 0) is 6.54 Å². The fourth-order valence-electron chi connectivity index (χ4n) is 3.75. The van der Waals surface area contributed by atoms with Gasteiger partial charge in [-0.2, -0.15) is 0 Å². The zero-order valence-corrected chi connectivity index (χ0v) is 16.4. The topological polar surface area (TPSA) is 59.3 Å². The Balaban J connectivity index is 1.73. The van der Waals surface area contributed by atoms with E-state index in [2.05, 4.69) is 50.6 Å². The first-order valence-corrected chi connectivity index (χ1v) is 9.62. The van der Waals surface area contributed by atoms with Crippen molar-refractivity contribution < 1.29 is 4.74 Å². The Morgan fingerprint density at radius 2 is 1.68 bits per heavy atom. The van der Waals surface area contributed by atoms with E-state index < -0.39 is 0 Å². The van der Waals surface area contributed by atoms with Crippen molar-refractivity contribution in [3.8, 4) is 5.75 Å². The molecule has 3 aromatic rings. The Morgan fingerprint density at radius 3 is 2.43 bits per heavy atom. The first-order valence-electron chi connectivity index (χ1n) is 9.62. The van der Waals surface area contributed by atoms with Crippen molar-refractivity contribution in [2.24, 2.45) is 0 Å². The van der Waals surface area contributed by atoms with Gasteiger partial charge in [-0.05, 0) is 29.1 Å². The van der Waals surface area contributed by atoms with Gasteiger partial charge in [0, 0.05) is 31.7 Å².